The molecule has 0 amide bonds. The largest absolute Gasteiger partial charge is 0.465 e. The molecular formula is C12H16N4O2S. The zero-order valence-electron chi connectivity index (χ0n) is 11.1. The lowest BCUT2D eigenvalue weighted by atomic mass is 10.1. The van der Waals surface area contributed by atoms with Gasteiger partial charge in [-0.05, 0) is 12.8 Å². The minimum atomic E-state index is -0.396. The van der Waals surface area contributed by atoms with Crippen LogP contribution in [0.2, 0.25) is 0 Å². The third-order valence-electron chi connectivity index (χ3n) is 2.27. The Morgan fingerprint density at radius 1 is 1.63 bits per heavy atom. The van der Waals surface area contributed by atoms with Crippen molar-refractivity contribution in [1.29, 1.82) is 5.26 Å². The molecule has 102 valence electrons. The molecule has 0 spiro atoms. The zero-order chi connectivity index (χ0) is 14.4. The Labute approximate surface area is 116 Å². The highest BCUT2D eigenvalue weighted by molar-refractivity contribution is 8.00. The fourth-order valence-corrected chi connectivity index (χ4v) is 2.24. The summed E-state index contributed by atoms with van der Waals surface area (Å²) in [6.07, 6.45) is 1.35. The van der Waals surface area contributed by atoms with Gasteiger partial charge in [0.2, 0.25) is 0 Å². The number of carbonyl (C=O) groups excluding carboxylic acids is 1. The lowest BCUT2D eigenvalue weighted by Crippen LogP contribution is -2.25. The molecule has 1 heterocycles. The summed E-state index contributed by atoms with van der Waals surface area (Å²) >= 11 is 1.19. The first-order valence-corrected chi connectivity index (χ1v) is 6.73. The molecule has 0 unspecified atom stereocenters. The van der Waals surface area contributed by atoms with Crippen LogP contribution in [-0.4, -0.2) is 27.8 Å². The van der Waals surface area contributed by atoms with Crippen molar-refractivity contribution < 1.29 is 9.53 Å². The number of hydrogen-bond donors (Lipinski definition) is 1. The maximum Gasteiger partial charge on any atom is 0.319 e. The van der Waals surface area contributed by atoms with E-state index in [0.717, 1.165) is 0 Å². The highest BCUT2D eigenvalue weighted by Crippen LogP contribution is 2.27. The third-order valence-corrected chi connectivity index (χ3v) is 3.67. The molecule has 0 fully saturated rings. The van der Waals surface area contributed by atoms with Gasteiger partial charge in [0.25, 0.3) is 0 Å². The van der Waals surface area contributed by atoms with Gasteiger partial charge < -0.3 is 10.5 Å². The van der Waals surface area contributed by atoms with E-state index in [9.17, 15) is 4.79 Å². The monoisotopic (exact) mass is 280 g/mol. The molecule has 0 aliphatic rings. The minimum absolute atomic E-state index is 0.0736. The number of esters is 1. The Morgan fingerprint density at radius 2 is 2.32 bits per heavy atom. The lowest BCUT2D eigenvalue weighted by molar-refractivity contribution is -0.143. The molecule has 19 heavy (non-hydrogen) atoms. The summed E-state index contributed by atoms with van der Waals surface area (Å²) in [6.45, 7) is 5.93. The highest BCUT2D eigenvalue weighted by atomic mass is 32.2. The molecule has 1 atom stereocenters. The summed E-state index contributed by atoms with van der Waals surface area (Å²) in [4.78, 5) is 19.8. The first-order valence-electron chi connectivity index (χ1n) is 5.85. The molecule has 0 aliphatic heterocycles. The van der Waals surface area contributed by atoms with E-state index in [2.05, 4.69) is 9.97 Å². The van der Waals surface area contributed by atoms with Gasteiger partial charge in [0.15, 0.2) is 5.16 Å². The Hall–Kier alpha value is -1.81. The molecular weight excluding hydrogens is 264 g/mol. The SMILES string of the molecule is CCOC(=O)[C@@H](Sc1ncc(C#N)c(N)n1)C(C)C. The molecule has 0 aromatic carbocycles. The number of nitrogens with two attached hydrogens (primary N) is 1. The van der Waals surface area contributed by atoms with Gasteiger partial charge in [0.05, 0.1) is 12.8 Å². The van der Waals surface area contributed by atoms with Gasteiger partial charge in [-0.25, -0.2) is 9.97 Å². The number of thioether (sulfide) groups is 1. The van der Waals surface area contributed by atoms with Gasteiger partial charge in [-0.15, -0.1) is 0 Å². The van der Waals surface area contributed by atoms with Crippen LogP contribution < -0.4 is 5.73 Å². The van der Waals surface area contributed by atoms with E-state index in [4.69, 9.17) is 15.7 Å². The molecule has 0 radical (unpaired) electrons. The first kappa shape index (κ1) is 15.2. The summed E-state index contributed by atoms with van der Waals surface area (Å²) in [7, 11) is 0. The van der Waals surface area contributed by atoms with Gasteiger partial charge >= 0.3 is 5.97 Å². The summed E-state index contributed by atoms with van der Waals surface area (Å²) in [5, 5.41) is 8.71. The summed E-state index contributed by atoms with van der Waals surface area (Å²) in [5.41, 5.74) is 5.84. The fraction of sp³-hybridized carbons (Fsp3) is 0.500. The topological polar surface area (TPSA) is 102 Å². The summed E-state index contributed by atoms with van der Waals surface area (Å²) in [6, 6.07) is 1.89. The number of nitriles is 1. The summed E-state index contributed by atoms with van der Waals surface area (Å²) < 4.78 is 5.01. The van der Waals surface area contributed by atoms with Gasteiger partial charge in [-0.1, -0.05) is 25.6 Å². The second-order valence-electron chi connectivity index (χ2n) is 4.10. The van der Waals surface area contributed by atoms with Gasteiger partial charge in [0, 0.05) is 0 Å². The van der Waals surface area contributed by atoms with Crippen molar-refractivity contribution >= 4 is 23.5 Å². The molecule has 1 aromatic rings. The van der Waals surface area contributed by atoms with Crippen LogP contribution in [0.15, 0.2) is 11.4 Å². The maximum atomic E-state index is 11.8. The van der Waals surface area contributed by atoms with Crippen molar-refractivity contribution in [2.45, 2.75) is 31.2 Å². The molecule has 2 N–H and O–H groups in total. The van der Waals surface area contributed by atoms with Crippen molar-refractivity contribution in [3.63, 3.8) is 0 Å². The van der Waals surface area contributed by atoms with Crippen LogP contribution in [0.5, 0.6) is 0 Å². The predicted molar refractivity (Wildman–Crippen MR) is 72.3 cm³/mol. The third kappa shape index (κ3) is 4.10. The van der Waals surface area contributed by atoms with E-state index in [1.807, 2.05) is 19.9 Å². The van der Waals surface area contributed by atoms with Crippen molar-refractivity contribution in [3.05, 3.63) is 11.8 Å². The Morgan fingerprint density at radius 3 is 2.79 bits per heavy atom. The normalized spacial score (nSPS) is 11.9. The number of ether oxygens (including phenoxy) is 1. The van der Waals surface area contributed by atoms with Crippen LogP contribution in [0.25, 0.3) is 0 Å². The minimum Gasteiger partial charge on any atom is -0.465 e. The number of nitrogens with zero attached hydrogens (tertiary/aromatic N) is 3. The zero-order valence-corrected chi connectivity index (χ0v) is 11.9. The van der Waals surface area contributed by atoms with E-state index in [1.54, 1.807) is 6.92 Å². The standard InChI is InChI=1S/C12H16N4O2S/c1-4-18-11(17)9(7(2)3)19-12-15-6-8(5-13)10(14)16-12/h6-7,9H,4H2,1-3H3,(H2,14,15,16)/t9-/m0/s1. The van der Waals surface area contributed by atoms with Crippen LogP contribution in [0, 0.1) is 17.2 Å². The smallest absolute Gasteiger partial charge is 0.319 e. The van der Waals surface area contributed by atoms with E-state index in [0.29, 0.717) is 11.8 Å². The molecule has 7 heteroatoms. The average molecular weight is 280 g/mol. The number of carbonyl (C=O) groups is 1. The van der Waals surface area contributed by atoms with Gasteiger partial charge in [-0.2, -0.15) is 5.26 Å². The number of nitrogen functional groups attached to an aromatic ring is 1. The first-order chi connectivity index (χ1) is 8.99. The Balaban J connectivity index is 2.89. The Kier molecular flexibility index (Phi) is 5.57. The van der Waals surface area contributed by atoms with Crippen LogP contribution in [0.3, 0.4) is 0 Å². The number of hydrogen-bond acceptors (Lipinski definition) is 7. The molecule has 0 saturated carbocycles. The quantitative estimate of drug-likeness (QED) is 0.496. The molecule has 0 aliphatic carbocycles. The van der Waals surface area contributed by atoms with Crippen LogP contribution in [0.4, 0.5) is 5.82 Å². The second kappa shape index (κ2) is 6.95. The predicted octanol–water partition coefficient (Wildman–Crippen LogP) is 1.61. The van der Waals surface area contributed by atoms with Crippen LogP contribution in [0.1, 0.15) is 26.3 Å². The molecule has 0 bridgehead atoms. The van der Waals surface area contributed by atoms with Gasteiger partial charge in [0.1, 0.15) is 22.7 Å². The molecule has 1 aromatic heterocycles. The van der Waals surface area contributed by atoms with Crippen molar-refractivity contribution in [1.82, 2.24) is 9.97 Å². The number of anilines is 1. The van der Waals surface area contributed by atoms with E-state index in [1.165, 1.54) is 18.0 Å². The lowest BCUT2D eigenvalue weighted by Gasteiger charge is -2.17. The molecule has 6 nitrogen and oxygen atoms in total. The van der Waals surface area contributed by atoms with Crippen molar-refractivity contribution in [3.8, 4) is 6.07 Å². The number of rotatable bonds is 5. The second-order valence-corrected chi connectivity index (χ2v) is 5.21. The molecule has 1 rings (SSSR count). The van der Waals surface area contributed by atoms with Crippen molar-refractivity contribution in [2.75, 3.05) is 12.3 Å². The van der Waals surface area contributed by atoms with Gasteiger partial charge in [-0.3, -0.25) is 4.79 Å². The fourth-order valence-electron chi connectivity index (χ4n) is 1.32. The van der Waals surface area contributed by atoms with E-state index < -0.39 is 5.25 Å². The van der Waals surface area contributed by atoms with E-state index in [-0.39, 0.29) is 23.3 Å². The maximum absolute atomic E-state index is 11.8. The highest BCUT2D eigenvalue weighted by Gasteiger charge is 2.26. The Bertz CT molecular complexity index is 499. The number of aromatic nitrogens is 2. The van der Waals surface area contributed by atoms with Crippen LogP contribution in [-0.2, 0) is 9.53 Å². The molecule has 0 saturated heterocycles. The van der Waals surface area contributed by atoms with Crippen LogP contribution >= 0.6 is 11.8 Å². The van der Waals surface area contributed by atoms with E-state index >= 15 is 0 Å². The van der Waals surface area contributed by atoms with Crippen molar-refractivity contribution in [2.24, 2.45) is 5.92 Å². The average Bonchev–Trinajstić information content (AvgIpc) is 2.36. The summed E-state index contributed by atoms with van der Waals surface area (Å²) in [5.74, 6) is -0.107.